The Morgan fingerprint density at radius 1 is 1.04 bits per heavy atom. The first kappa shape index (κ1) is 18.9. The number of benzene rings is 1. The summed E-state index contributed by atoms with van der Waals surface area (Å²) in [6.45, 7) is 9.81. The number of piperidine rings is 2. The fourth-order valence-corrected chi connectivity index (χ4v) is 4.34. The Bertz CT molecular complexity index is 690. The van der Waals surface area contributed by atoms with E-state index in [0.29, 0.717) is 0 Å². The number of nitrogens with zero attached hydrogens (tertiary/aromatic N) is 1. The molecule has 1 aromatic carbocycles. The molecule has 2 aliphatic rings. The molecule has 0 aliphatic carbocycles. The maximum atomic E-state index is 13.1. The van der Waals surface area contributed by atoms with Gasteiger partial charge in [-0.05, 0) is 83.9 Å². The Hall–Kier alpha value is -1.84. The van der Waals surface area contributed by atoms with Gasteiger partial charge in [0.05, 0.1) is 0 Å². The number of hydrogen-bond donors (Lipinski definition) is 0. The van der Waals surface area contributed by atoms with Gasteiger partial charge in [-0.1, -0.05) is 12.1 Å². The minimum Gasteiger partial charge on any atom is -0.444 e. The Balaban J connectivity index is 1.75. The van der Waals surface area contributed by atoms with E-state index in [0.717, 1.165) is 43.2 Å². The molecule has 0 spiro atoms. The highest BCUT2D eigenvalue weighted by molar-refractivity contribution is 5.98. The molecule has 2 aliphatic heterocycles. The molecule has 2 fully saturated rings. The van der Waals surface area contributed by atoms with Gasteiger partial charge in [0, 0.05) is 23.6 Å². The Kier molecular flexibility index (Phi) is 5.14. The van der Waals surface area contributed by atoms with E-state index >= 15 is 0 Å². The first-order valence-corrected chi connectivity index (χ1v) is 9.78. The predicted octanol–water partition coefficient (Wildman–Crippen LogP) is 5.05. The normalized spacial score (nSPS) is 25.7. The van der Waals surface area contributed by atoms with Gasteiger partial charge in [-0.2, -0.15) is 0 Å². The summed E-state index contributed by atoms with van der Waals surface area (Å²) in [4.78, 5) is 27.7. The van der Waals surface area contributed by atoms with Crippen molar-refractivity contribution in [1.82, 2.24) is 4.90 Å². The highest BCUT2D eigenvalue weighted by atomic mass is 16.6. The van der Waals surface area contributed by atoms with Gasteiger partial charge in [0.2, 0.25) is 0 Å². The molecule has 142 valence electrons. The number of ether oxygens (including phenoxy) is 1. The number of hydrogen-bond acceptors (Lipinski definition) is 3. The molecule has 2 atom stereocenters. The Morgan fingerprint density at radius 2 is 1.65 bits per heavy atom. The zero-order valence-corrected chi connectivity index (χ0v) is 16.7. The molecule has 3 rings (SSSR count). The van der Waals surface area contributed by atoms with Crippen LogP contribution >= 0.6 is 0 Å². The van der Waals surface area contributed by atoms with Crippen molar-refractivity contribution in [2.75, 3.05) is 0 Å². The van der Waals surface area contributed by atoms with E-state index in [1.807, 2.05) is 50.8 Å². The first-order valence-electron chi connectivity index (χ1n) is 9.78. The fraction of sp³-hybridized carbons (Fsp3) is 0.636. The minimum atomic E-state index is -0.489. The lowest BCUT2D eigenvalue weighted by atomic mass is 9.75. The van der Waals surface area contributed by atoms with Crippen molar-refractivity contribution in [3.05, 3.63) is 34.9 Å². The van der Waals surface area contributed by atoms with Crippen LogP contribution in [0.25, 0.3) is 0 Å². The summed E-state index contributed by atoms with van der Waals surface area (Å²) in [6, 6.07) is 6.23. The van der Waals surface area contributed by atoms with E-state index < -0.39 is 5.60 Å². The van der Waals surface area contributed by atoms with Gasteiger partial charge in [-0.25, -0.2) is 4.79 Å². The summed E-state index contributed by atoms with van der Waals surface area (Å²) in [6.07, 6.45) is 4.34. The molecule has 0 saturated carbocycles. The van der Waals surface area contributed by atoms with Crippen molar-refractivity contribution < 1.29 is 14.3 Å². The highest BCUT2D eigenvalue weighted by Gasteiger charge is 2.44. The molecule has 0 aromatic heterocycles. The van der Waals surface area contributed by atoms with Crippen molar-refractivity contribution in [2.24, 2.45) is 5.92 Å². The predicted molar refractivity (Wildman–Crippen MR) is 102 cm³/mol. The zero-order valence-electron chi connectivity index (χ0n) is 16.7. The molecule has 2 unspecified atom stereocenters. The van der Waals surface area contributed by atoms with E-state index in [9.17, 15) is 9.59 Å². The number of rotatable bonds is 2. The Labute approximate surface area is 156 Å². The molecule has 2 saturated heterocycles. The lowest BCUT2D eigenvalue weighted by Crippen LogP contribution is -2.56. The van der Waals surface area contributed by atoms with Crippen molar-refractivity contribution in [1.29, 1.82) is 0 Å². The summed E-state index contributed by atoms with van der Waals surface area (Å²) in [5.74, 6) is 0.236. The molecule has 0 N–H and O–H groups in total. The maximum Gasteiger partial charge on any atom is 0.410 e. The van der Waals surface area contributed by atoms with Gasteiger partial charge >= 0.3 is 6.09 Å². The van der Waals surface area contributed by atoms with Gasteiger partial charge in [0.25, 0.3) is 0 Å². The van der Waals surface area contributed by atoms with Crippen LogP contribution in [-0.4, -0.2) is 34.5 Å². The molecule has 1 amide bonds. The Morgan fingerprint density at radius 3 is 2.19 bits per heavy atom. The third-order valence-corrected chi connectivity index (χ3v) is 5.74. The molecular formula is C22H31NO3. The monoisotopic (exact) mass is 357 g/mol. The van der Waals surface area contributed by atoms with Gasteiger partial charge < -0.3 is 9.64 Å². The standard InChI is InChI=1S/C22H31NO3/c1-14-9-10-16(11-15(14)2)20(24)17-12-18-7-6-8-19(13-17)23(18)21(25)26-22(3,4)5/h9-11,17-19H,6-8,12-13H2,1-5H3. The van der Waals surface area contributed by atoms with Gasteiger partial charge in [0.1, 0.15) is 5.60 Å². The van der Waals surface area contributed by atoms with Crippen molar-refractivity contribution >= 4 is 11.9 Å². The van der Waals surface area contributed by atoms with Crippen LogP contribution in [0.1, 0.15) is 74.4 Å². The van der Waals surface area contributed by atoms with Gasteiger partial charge in [0.15, 0.2) is 5.78 Å². The number of carbonyl (C=O) groups excluding carboxylic acids is 2. The van der Waals surface area contributed by atoms with Crippen LogP contribution in [0.5, 0.6) is 0 Å². The van der Waals surface area contributed by atoms with E-state index in [1.165, 1.54) is 5.56 Å². The second-order valence-electron chi connectivity index (χ2n) is 8.96. The third kappa shape index (κ3) is 3.94. The van der Waals surface area contributed by atoms with E-state index in [-0.39, 0.29) is 29.9 Å². The number of aryl methyl sites for hydroxylation is 2. The average molecular weight is 357 g/mol. The molecule has 2 heterocycles. The summed E-state index contributed by atoms with van der Waals surface area (Å²) >= 11 is 0. The van der Waals surface area contributed by atoms with Crippen LogP contribution in [0.3, 0.4) is 0 Å². The summed E-state index contributed by atoms with van der Waals surface area (Å²) in [5.41, 5.74) is 2.68. The summed E-state index contributed by atoms with van der Waals surface area (Å²) < 4.78 is 5.62. The lowest BCUT2D eigenvalue weighted by Gasteiger charge is -2.48. The zero-order chi connectivity index (χ0) is 19.1. The van der Waals surface area contributed by atoms with E-state index in [1.54, 1.807) is 0 Å². The molecule has 2 bridgehead atoms. The van der Waals surface area contributed by atoms with Crippen molar-refractivity contribution in [3.8, 4) is 0 Å². The first-order chi connectivity index (χ1) is 12.2. The molecule has 1 aromatic rings. The van der Waals surface area contributed by atoms with Crippen LogP contribution in [0.15, 0.2) is 18.2 Å². The third-order valence-electron chi connectivity index (χ3n) is 5.74. The summed E-state index contributed by atoms with van der Waals surface area (Å²) in [7, 11) is 0. The van der Waals surface area contributed by atoms with Crippen molar-refractivity contribution in [2.45, 2.75) is 84.4 Å². The summed E-state index contributed by atoms with van der Waals surface area (Å²) in [5, 5.41) is 0. The van der Waals surface area contributed by atoms with Crippen LogP contribution in [0.4, 0.5) is 4.79 Å². The van der Waals surface area contributed by atoms with E-state index in [4.69, 9.17) is 4.74 Å². The molecule has 4 heteroatoms. The fourth-order valence-electron chi connectivity index (χ4n) is 4.34. The second kappa shape index (κ2) is 7.05. The number of Topliss-reactive ketones (excluding diaryl/α,β-unsaturated/α-hetero) is 1. The van der Waals surface area contributed by atoms with Crippen molar-refractivity contribution in [3.63, 3.8) is 0 Å². The van der Waals surface area contributed by atoms with Crippen LogP contribution in [0.2, 0.25) is 0 Å². The maximum absolute atomic E-state index is 13.1. The molecular weight excluding hydrogens is 326 g/mol. The largest absolute Gasteiger partial charge is 0.444 e. The molecule has 0 radical (unpaired) electrons. The van der Waals surface area contributed by atoms with Gasteiger partial charge in [-0.15, -0.1) is 0 Å². The van der Waals surface area contributed by atoms with Crippen LogP contribution in [0, 0.1) is 19.8 Å². The van der Waals surface area contributed by atoms with E-state index in [2.05, 4.69) is 6.92 Å². The quantitative estimate of drug-likeness (QED) is 0.696. The second-order valence-corrected chi connectivity index (χ2v) is 8.96. The smallest absolute Gasteiger partial charge is 0.410 e. The van der Waals surface area contributed by atoms with Crippen LogP contribution in [-0.2, 0) is 4.74 Å². The number of ketones is 1. The average Bonchev–Trinajstić information content (AvgIpc) is 2.54. The lowest BCUT2D eigenvalue weighted by molar-refractivity contribution is -0.0260. The molecule has 4 nitrogen and oxygen atoms in total. The minimum absolute atomic E-state index is 0.00564. The topological polar surface area (TPSA) is 46.6 Å². The van der Waals surface area contributed by atoms with Crippen LogP contribution < -0.4 is 0 Å². The SMILES string of the molecule is Cc1ccc(C(=O)C2CC3CCCC(C2)N3C(=O)OC(C)(C)C)cc1C. The van der Waals surface area contributed by atoms with Gasteiger partial charge in [-0.3, -0.25) is 4.79 Å². The molecule has 26 heavy (non-hydrogen) atoms. The number of fused-ring (bicyclic) bond motifs is 2. The highest BCUT2D eigenvalue weighted by Crippen LogP contribution is 2.39. The number of amides is 1. The number of carbonyl (C=O) groups is 2.